The molecule has 0 heterocycles. The third-order valence-corrected chi connectivity index (χ3v) is 6.93. The van der Waals surface area contributed by atoms with Gasteiger partial charge < -0.3 is 10.6 Å². The first-order valence-electron chi connectivity index (χ1n) is 11.2. The van der Waals surface area contributed by atoms with Crippen LogP contribution in [-0.2, 0) is 16.0 Å². The molecule has 176 valence electrons. The van der Waals surface area contributed by atoms with Gasteiger partial charge in [-0.05, 0) is 66.1 Å². The molecule has 0 fully saturated rings. The van der Waals surface area contributed by atoms with Gasteiger partial charge in [0.2, 0.25) is 11.8 Å². The summed E-state index contributed by atoms with van der Waals surface area (Å²) in [4.78, 5) is 26.6. The summed E-state index contributed by atoms with van der Waals surface area (Å²) in [5.41, 5.74) is 4.33. The Morgan fingerprint density at radius 1 is 0.800 bits per heavy atom. The van der Waals surface area contributed by atoms with Crippen LogP contribution in [0.1, 0.15) is 21.9 Å². The Bertz CT molecular complexity index is 1290. The maximum Gasteiger partial charge on any atom is 0.242 e. The fraction of sp³-hybridized carbons (Fsp3) is 0.103. The second-order valence-corrected chi connectivity index (χ2v) is 9.70. The number of nitrogens with one attached hydrogen (secondary N) is 2. The Balaban J connectivity index is 1.44. The molecule has 0 radical (unpaired) electrons. The Labute approximate surface area is 214 Å². The quantitative estimate of drug-likeness (QED) is 0.249. The first-order chi connectivity index (χ1) is 17.0. The molecule has 4 aromatic rings. The van der Waals surface area contributed by atoms with Gasteiger partial charge in [0, 0.05) is 21.3 Å². The summed E-state index contributed by atoms with van der Waals surface area (Å²) in [6, 6.07) is 32.2. The van der Waals surface area contributed by atoms with Crippen LogP contribution < -0.4 is 10.6 Å². The third-order valence-electron chi connectivity index (χ3n) is 5.41. The minimum atomic E-state index is -0.429. The van der Waals surface area contributed by atoms with E-state index in [0.29, 0.717) is 10.7 Å². The zero-order valence-electron chi connectivity index (χ0n) is 19.2. The van der Waals surface area contributed by atoms with Crippen molar-refractivity contribution >= 4 is 46.6 Å². The minimum Gasteiger partial charge on any atom is -0.326 e. The summed E-state index contributed by atoms with van der Waals surface area (Å²) in [6.45, 7) is 1.97. The number of thioether (sulfide) groups is 1. The summed E-state index contributed by atoms with van der Waals surface area (Å²) in [7, 11) is 0. The predicted octanol–water partition coefficient (Wildman–Crippen LogP) is 7.30. The van der Waals surface area contributed by atoms with Gasteiger partial charge in [0.05, 0.1) is 6.42 Å². The average molecular weight is 501 g/mol. The number of aryl methyl sites for hydroxylation is 1. The summed E-state index contributed by atoms with van der Waals surface area (Å²) < 4.78 is 0. The second-order valence-electron chi connectivity index (χ2n) is 8.09. The van der Waals surface area contributed by atoms with Gasteiger partial charge in [0.15, 0.2) is 0 Å². The highest BCUT2D eigenvalue weighted by Crippen LogP contribution is 2.37. The molecule has 0 aliphatic rings. The summed E-state index contributed by atoms with van der Waals surface area (Å²) >= 11 is 7.38. The molecule has 4 aromatic carbocycles. The monoisotopic (exact) mass is 500 g/mol. The molecule has 0 aliphatic heterocycles. The Hall–Kier alpha value is -3.54. The van der Waals surface area contributed by atoms with Gasteiger partial charge in [0.25, 0.3) is 0 Å². The van der Waals surface area contributed by atoms with Gasteiger partial charge in [0.1, 0.15) is 5.25 Å². The molecule has 1 atom stereocenters. The number of benzene rings is 4. The largest absolute Gasteiger partial charge is 0.326 e. The molecule has 1 unspecified atom stereocenters. The number of halogens is 1. The Morgan fingerprint density at radius 3 is 2.14 bits per heavy atom. The van der Waals surface area contributed by atoms with E-state index in [-0.39, 0.29) is 18.2 Å². The van der Waals surface area contributed by atoms with E-state index in [4.69, 9.17) is 11.6 Å². The van der Waals surface area contributed by atoms with Gasteiger partial charge in [-0.2, -0.15) is 0 Å². The van der Waals surface area contributed by atoms with Crippen LogP contribution in [0.5, 0.6) is 0 Å². The average Bonchev–Trinajstić information content (AvgIpc) is 2.87. The summed E-state index contributed by atoms with van der Waals surface area (Å²) in [6.07, 6.45) is 0.267. The number of carbonyl (C=O) groups excluding carboxylic acids is 2. The van der Waals surface area contributed by atoms with Crippen molar-refractivity contribution < 1.29 is 9.59 Å². The maximum absolute atomic E-state index is 13.3. The number of anilines is 2. The molecule has 2 amide bonds. The van der Waals surface area contributed by atoms with Crippen LogP contribution in [0.2, 0.25) is 5.02 Å². The van der Waals surface area contributed by atoms with Crippen molar-refractivity contribution in [2.24, 2.45) is 0 Å². The number of para-hydroxylation sites is 1. The van der Waals surface area contributed by atoms with Crippen LogP contribution in [0.25, 0.3) is 0 Å². The van der Waals surface area contributed by atoms with Crippen LogP contribution in [0.15, 0.2) is 108 Å². The van der Waals surface area contributed by atoms with E-state index in [0.717, 1.165) is 27.3 Å². The lowest BCUT2D eigenvalue weighted by atomic mass is 10.1. The predicted molar refractivity (Wildman–Crippen MR) is 145 cm³/mol. The van der Waals surface area contributed by atoms with Crippen LogP contribution >= 0.6 is 23.4 Å². The third kappa shape index (κ3) is 6.98. The lowest BCUT2D eigenvalue weighted by molar-refractivity contribution is -0.116. The highest BCUT2D eigenvalue weighted by atomic mass is 35.5. The van der Waals surface area contributed by atoms with E-state index in [9.17, 15) is 9.59 Å². The van der Waals surface area contributed by atoms with Crippen LogP contribution in [-0.4, -0.2) is 11.8 Å². The van der Waals surface area contributed by atoms with Crippen molar-refractivity contribution in [3.05, 3.63) is 125 Å². The molecule has 0 aromatic heterocycles. The molecular formula is C29H25ClN2O2S. The molecule has 0 saturated carbocycles. The first kappa shape index (κ1) is 24.6. The van der Waals surface area contributed by atoms with Crippen molar-refractivity contribution in [3.63, 3.8) is 0 Å². The zero-order valence-corrected chi connectivity index (χ0v) is 20.8. The number of amides is 2. The molecule has 0 bridgehead atoms. The molecule has 2 N–H and O–H groups in total. The molecule has 6 heteroatoms. The topological polar surface area (TPSA) is 58.2 Å². The van der Waals surface area contributed by atoms with Gasteiger partial charge in [-0.15, -0.1) is 11.8 Å². The van der Waals surface area contributed by atoms with Crippen molar-refractivity contribution in [1.29, 1.82) is 0 Å². The standard InChI is InChI=1S/C29H25ClN2O2S/c1-20-7-5-6-10-26(20)32-29(34)28(22-8-3-2-4-9-22)35-25-17-15-24(16-18-25)31-27(33)19-21-11-13-23(30)14-12-21/h2-18,28H,19H2,1H3,(H,31,33)(H,32,34). The number of hydrogen-bond donors (Lipinski definition) is 2. The normalized spacial score (nSPS) is 11.5. The summed E-state index contributed by atoms with van der Waals surface area (Å²) in [5, 5.41) is 6.20. The van der Waals surface area contributed by atoms with E-state index in [2.05, 4.69) is 10.6 Å². The lowest BCUT2D eigenvalue weighted by Gasteiger charge is -2.18. The van der Waals surface area contributed by atoms with Crippen molar-refractivity contribution in [2.75, 3.05) is 10.6 Å². The lowest BCUT2D eigenvalue weighted by Crippen LogP contribution is -2.19. The van der Waals surface area contributed by atoms with Crippen LogP contribution in [0.4, 0.5) is 11.4 Å². The van der Waals surface area contributed by atoms with Gasteiger partial charge in [-0.1, -0.05) is 72.3 Å². The number of rotatable bonds is 8. The fourth-order valence-electron chi connectivity index (χ4n) is 3.56. The molecule has 0 saturated heterocycles. The van der Waals surface area contributed by atoms with Crippen molar-refractivity contribution in [1.82, 2.24) is 0 Å². The molecule has 35 heavy (non-hydrogen) atoms. The minimum absolute atomic E-state index is 0.0872. The second kappa shape index (κ2) is 11.7. The smallest absolute Gasteiger partial charge is 0.242 e. The van der Waals surface area contributed by atoms with Gasteiger partial charge in [-0.25, -0.2) is 0 Å². The van der Waals surface area contributed by atoms with Gasteiger partial charge in [-0.3, -0.25) is 9.59 Å². The summed E-state index contributed by atoms with van der Waals surface area (Å²) in [5.74, 6) is -0.191. The molecule has 0 aliphatic carbocycles. The SMILES string of the molecule is Cc1ccccc1NC(=O)C(Sc1ccc(NC(=O)Cc2ccc(Cl)cc2)cc1)c1ccccc1. The van der Waals surface area contributed by atoms with Crippen molar-refractivity contribution in [2.45, 2.75) is 23.5 Å². The van der Waals surface area contributed by atoms with Crippen LogP contribution in [0, 0.1) is 6.92 Å². The van der Waals surface area contributed by atoms with E-state index < -0.39 is 5.25 Å². The highest BCUT2D eigenvalue weighted by Gasteiger charge is 2.22. The first-order valence-corrected chi connectivity index (χ1v) is 12.5. The van der Waals surface area contributed by atoms with E-state index in [1.807, 2.05) is 97.9 Å². The highest BCUT2D eigenvalue weighted by molar-refractivity contribution is 8.00. The van der Waals surface area contributed by atoms with Gasteiger partial charge >= 0.3 is 0 Å². The molecule has 4 nitrogen and oxygen atoms in total. The molecular weight excluding hydrogens is 476 g/mol. The van der Waals surface area contributed by atoms with E-state index >= 15 is 0 Å². The Morgan fingerprint density at radius 2 is 1.46 bits per heavy atom. The van der Waals surface area contributed by atoms with E-state index in [1.165, 1.54) is 11.8 Å². The molecule has 4 rings (SSSR count). The number of hydrogen-bond acceptors (Lipinski definition) is 3. The maximum atomic E-state index is 13.3. The van der Waals surface area contributed by atoms with Crippen molar-refractivity contribution in [3.8, 4) is 0 Å². The molecule has 0 spiro atoms. The fourth-order valence-corrected chi connectivity index (χ4v) is 4.71. The zero-order chi connectivity index (χ0) is 24.6. The Kier molecular flexibility index (Phi) is 8.24. The number of carbonyl (C=O) groups is 2. The van der Waals surface area contributed by atoms with E-state index in [1.54, 1.807) is 12.1 Å². The van der Waals surface area contributed by atoms with Crippen LogP contribution in [0.3, 0.4) is 0 Å².